The number of carboxylic acids is 1. The fourth-order valence-electron chi connectivity index (χ4n) is 1.79. The zero-order valence-corrected chi connectivity index (χ0v) is 10.1. The summed E-state index contributed by atoms with van der Waals surface area (Å²) in [5, 5.41) is 11.6. The van der Waals surface area contributed by atoms with Gasteiger partial charge in [-0.1, -0.05) is 0 Å². The molecular formula is C11H22N2O3. The fourth-order valence-corrected chi connectivity index (χ4v) is 1.79. The van der Waals surface area contributed by atoms with E-state index >= 15 is 0 Å². The van der Waals surface area contributed by atoms with Gasteiger partial charge in [0, 0.05) is 32.2 Å². The summed E-state index contributed by atoms with van der Waals surface area (Å²) in [6.45, 7) is 8.29. The van der Waals surface area contributed by atoms with E-state index in [9.17, 15) is 4.79 Å². The van der Waals surface area contributed by atoms with Crippen LogP contribution in [0.5, 0.6) is 0 Å². The number of rotatable bonds is 6. The molecule has 5 nitrogen and oxygen atoms in total. The predicted octanol–water partition coefficient (Wildman–Crippen LogP) is 0.160. The molecule has 0 aliphatic carbocycles. The average molecular weight is 230 g/mol. The molecule has 1 heterocycles. The molecule has 0 aromatic carbocycles. The average Bonchev–Trinajstić information content (AvgIpc) is 2.24. The summed E-state index contributed by atoms with van der Waals surface area (Å²) in [7, 11) is 0. The van der Waals surface area contributed by atoms with Crippen molar-refractivity contribution in [3.63, 3.8) is 0 Å². The van der Waals surface area contributed by atoms with E-state index in [-0.39, 0.29) is 12.5 Å². The summed E-state index contributed by atoms with van der Waals surface area (Å²) in [5.74, 6) is -0.763. The second-order valence-electron chi connectivity index (χ2n) is 4.43. The first-order chi connectivity index (χ1) is 7.59. The van der Waals surface area contributed by atoms with E-state index in [1.807, 2.05) is 0 Å². The minimum absolute atomic E-state index is 0.167. The number of morpholine rings is 1. The molecule has 1 fully saturated rings. The number of ether oxygens (including phenoxy) is 1. The predicted molar refractivity (Wildman–Crippen MR) is 61.6 cm³/mol. The number of hydrogen-bond acceptors (Lipinski definition) is 4. The molecule has 0 amide bonds. The molecule has 0 radical (unpaired) electrons. The largest absolute Gasteiger partial charge is 0.481 e. The van der Waals surface area contributed by atoms with E-state index in [0.717, 1.165) is 26.2 Å². The number of hydrogen-bond donors (Lipinski definition) is 2. The highest BCUT2D eigenvalue weighted by Crippen LogP contribution is 2.07. The Hall–Kier alpha value is -0.650. The number of carboxylic acid groups (broad SMARTS) is 1. The van der Waals surface area contributed by atoms with Gasteiger partial charge in [0.2, 0.25) is 0 Å². The standard InChI is InChI=1S/C11H22N2O3/c1-9(2)13-5-6-16-10(8-13)7-12-4-3-11(14)15/h9-10,12H,3-8H2,1-2H3,(H,14,15). The summed E-state index contributed by atoms with van der Waals surface area (Å²) >= 11 is 0. The van der Waals surface area contributed by atoms with Crippen LogP contribution in [0.3, 0.4) is 0 Å². The maximum Gasteiger partial charge on any atom is 0.304 e. The molecule has 2 N–H and O–H groups in total. The molecule has 0 spiro atoms. The molecule has 1 atom stereocenters. The van der Waals surface area contributed by atoms with Gasteiger partial charge in [-0.2, -0.15) is 0 Å². The molecule has 1 rings (SSSR count). The van der Waals surface area contributed by atoms with Crippen LogP contribution in [0.4, 0.5) is 0 Å². The maximum atomic E-state index is 10.3. The van der Waals surface area contributed by atoms with Crippen molar-refractivity contribution in [3.8, 4) is 0 Å². The number of nitrogens with zero attached hydrogens (tertiary/aromatic N) is 1. The maximum absolute atomic E-state index is 10.3. The highest BCUT2D eigenvalue weighted by molar-refractivity contribution is 5.66. The first-order valence-electron chi connectivity index (χ1n) is 5.87. The normalized spacial score (nSPS) is 22.6. The molecule has 0 aromatic heterocycles. The van der Waals surface area contributed by atoms with E-state index < -0.39 is 5.97 Å². The molecule has 1 unspecified atom stereocenters. The van der Waals surface area contributed by atoms with E-state index in [1.54, 1.807) is 0 Å². The highest BCUT2D eigenvalue weighted by atomic mass is 16.5. The van der Waals surface area contributed by atoms with Crippen molar-refractivity contribution in [3.05, 3.63) is 0 Å². The summed E-state index contributed by atoms with van der Waals surface area (Å²) < 4.78 is 5.61. The van der Waals surface area contributed by atoms with E-state index in [2.05, 4.69) is 24.1 Å². The first-order valence-corrected chi connectivity index (χ1v) is 5.87. The van der Waals surface area contributed by atoms with Gasteiger partial charge in [-0.15, -0.1) is 0 Å². The molecule has 16 heavy (non-hydrogen) atoms. The number of carbonyl (C=O) groups is 1. The van der Waals surface area contributed by atoms with Crippen LogP contribution < -0.4 is 5.32 Å². The van der Waals surface area contributed by atoms with Crippen molar-refractivity contribution in [1.82, 2.24) is 10.2 Å². The van der Waals surface area contributed by atoms with Crippen molar-refractivity contribution < 1.29 is 14.6 Å². The van der Waals surface area contributed by atoms with Crippen molar-refractivity contribution in [2.24, 2.45) is 0 Å². The zero-order chi connectivity index (χ0) is 12.0. The fraction of sp³-hybridized carbons (Fsp3) is 0.909. The summed E-state index contributed by atoms with van der Waals surface area (Å²) in [6, 6.07) is 0.547. The monoisotopic (exact) mass is 230 g/mol. The SMILES string of the molecule is CC(C)N1CCOC(CNCCC(=O)O)C1. The van der Waals surface area contributed by atoms with Crippen molar-refractivity contribution in [2.75, 3.05) is 32.8 Å². The van der Waals surface area contributed by atoms with E-state index in [4.69, 9.17) is 9.84 Å². The Labute approximate surface area is 96.8 Å². The van der Waals surface area contributed by atoms with Gasteiger partial charge < -0.3 is 15.2 Å². The van der Waals surface area contributed by atoms with Crippen LogP contribution in [-0.4, -0.2) is 60.9 Å². The second kappa shape index (κ2) is 6.83. The first kappa shape index (κ1) is 13.4. The molecule has 0 bridgehead atoms. The lowest BCUT2D eigenvalue weighted by Crippen LogP contribution is -2.49. The lowest BCUT2D eigenvalue weighted by Gasteiger charge is -2.35. The van der Waals surface area contributed by atoms with Gasteiger partial charge in [-0.05, 0) is 13.8 Å². The minimum Gasteiger partial charge on any atom is -0.481 e. The third-order valence-corrected chi connectivity index (χ3v) is 2.79. The smallest absolute Gasteiger partial charge is 0.304 e. The van der Waals surface area contributed by atoms with Crippen LogP contribution in [0.1, 0.15) is 20.3 Å². The summed E-state index contributed by atoms with van der Waals surface area (Å²) in [6.07, 6.45) is 0.352. The Morgan fingerprint density at radius 2 is 2.38 bits per heavy atom. The van der Waals surface area contributed by atoms with Crippen LogP contribution in [0.25, 0.3) is 0 Å². The van der Waals surface area contributed by atoms with Crippen LogP contribution in [0.2, 0.25) is 0 Å². The molecule has 0 aromatic rings. The minimum atomic E-state index is -0.763. The van der Waals surface area contributed by atoms with Gasteiger partial charge in [0.05, 0.1) is 19.1 Å². The molecule has 5 heteroatoms. The topological polar surface area (TPSA) is 61.8 Å². The Morgan fingerprint density at radius 3 is 3.00 bits per heavy atom. The molecule has 1 saturated heterocycles. The van der Waals surface area contributed by atoms with Gasteiger partial charge in [0.1, 0.15) is 0 Å². The van der Waals surface area contributed by atoms with Gasteiger partial charge in [0.15, 0.2) is 0 Å². The lowest BCUT2D eigenvalue weighted by atomic mass is 10.2. The molecule has 1 aliphatic rings. The molecule has 0 saturated carbocycles. The van der Waals surface area contributed by atoms with Crippen LogP contribution >= 0.6 is 0 Å². The Balaban J connectivity index is 2.14. The van der Waals surface area contributed by atoms with Gasteiger partial charge in [0.25, 0.3) is 0 Å². The lowest BCUT2D eigenvalue weighted by molar-refractivity contribution is -0.136. The van der Waals surface area contributed by atoms with Gasteiger partial charge in [-0.25, -0.2) is 0 Å². The summed E-state index contributed by atoms with van der Waals surface area (Å²) in [4.78, 5) is 12.7. The third-order valence-electron chi connectivity index (χ3n) is 2.79. The second-order valence-corrected chi connectivity index (χ2v) is 4.43. The van der Waals surface area contributed by atoms with Crippen LogP contribution in [0.15, 0.2) is 0 Å². The van der Waals surface area contributed by atoms with Crippen molar-refractivity contribution in [1.29, 1.82) is 0 Å². The van der Waals surface area contributed by atoms with Crippen LogP contribution in [0, 0.1) is 0 Å². The Bertz CT molecular complexity index is 221. The number of aliphatic carboxylic acids is 1. The Kier molecular flexibility index (Phi) is 5.73. The van der Waals surface area contributed by atoms with Crippen molar-refractivity contribution in [2.45, 2.75) is 32.4 Å². The van der Waals surface area contributed by atoms with Crippen molar-refractivity contribution >= 4 is 5.97 Å². The van der Waals surface area contributed by atoms with E-state index in [1.165, 1.54) is 0 Å². The quantitative estimate of drug-likeness (QED) is 0.636. The molecule has 1 aliphatic heterocycles. The van der Waals surface area contributed by atoms with E-state index in [0.29, 0.717) is 12.6 Å². The Morgan fingerprint density at radius 1 is 1.62 bits per heavy atom. The number of nitrogens with one attached hydrogen (secondary N) is 1. The van der Waals surface area contributed by atoms with Crippen LogP contribution in [-0.2, 0) is 9.53 Å². The van der Waals surface area contributed by atoms with Gasteiger partial charge in [-0.3, -0.25) is 9.69 Å². The highest BCUT2D eigenvalue weighted by Gasteiger charge is 2.21. The molecule has 94 valence electrons. The molecular weight excluding hydrogens is 208 g/mol. The third kappa shape index (κ3) is 4.92. The zero-order valence-electron chi connectivity index (χ0n) is 10.1. The van der Waals surface area contributed by atoms with Gasteiger partial charge >= 0.3 is 5.97 Å². The summed E-state index contributed by atoms with van der Waals surface area (Å²) in [5.41, 5.74) is 0.